The maximum Gasteiger partial charge on any atom is 0.199 e. The van der Waals surface area contributed by atoms with Crippen molar-refractivity contribution in [1.29, 1.82) is 0 Å². The molecule has 7 nitrogen and oxygen atoms in total. The Morgan fingerprint density at radius 1 is 1.03 bits per heavy atom. The highest BCUT2D eigenvalue weighted by atomic mass is 32.1. The van der Waals surface area contributed by atoms with E-state index < -0.39 is 0 Å². The highest BCUT2D eigenvalue weighted by Crippen LogP contribution is 2.36. The summed E-state index contributed by atoms with van der Waals surface area (Å²) in [6.45, 7) is 9.59. The second kappa shape index (κ2) is 10.9. The Hall–Kier alpha value is -2.71. The van der Waals surface area contributed by atoms with Crippen LogP contribution in [0.4, 0.5) is 5.69 Å². The van der Waals surface area contributed by atoms with E-state index in [4.69, 9.17) is 22.1 Å². The average Bonchev–Trinajstić information content (AvgIpc) is 3.21. The monoisotopic (exact) mass is 492 g/mol. The number of hydrogen-bond donors (Lipinski definition) is 0. The summed E-state index contributed by atoms with van der Waals surface area (Å²) in [5, 5.41) is 5.06. The van der Waals surface area contributed by atoms with Gasteiger partial charge in [-0.1, -0.05) is 31.9 Å². The number of anilines is 1. The molecule has 0 amide bonds. The lowest BCUT2D eigenvalue weighted by Gasteiger charge is -2.36. The smallest absolute Gasteiger partial charge is 0.199 e. The highest BCUT2D eigenvalue weighted by Gasteiger charge is 2.28. The van der Waals surface area contributed by atoms with Gasteiger partial charge in [0.2, 0.25) is 0 Å². The van der Waals surface area contributed by atoms with Crippen LogP contribution >= 0.6 is 12.2 Å². The molecule has 1 aliphatic carbocycles. The Balaban J connectivity index is 1.35. The molecule has 2 aromatic heterocycles. The fourth-order valence-electron chi connectivity index (χ4n) is 5.50. The summed E-state index contributed by atoms with van der Waals surface area (Å²) in [5.74, 6) is 2.51. The van der Waals surface area contributed by atoms with E-state index in [0.717, 1.165) is 54.5 Å². The largest absolute Gasteiger partial charge is 0.492 e. The van der Waals surface area contributed by atoms with E-state index in [9.17, 15) is 0 Å². The van der Waals surface area contributed by atoms with Crippen molar-refractivity contribution in [1.82, 2.24) is 24.2 Å². The number of piperazine rings is 1. The summed E-state index contributed by atoms with van der Waals surface area (Å²) < 4.78 is 11.0. The van der Waals surface area contributed by atoms with Gasteiger partial charge in [-0.2, -0.15) is 5.10 Å². The molecule has 0 radical (unpaired) electrons. The average molecular weight is 493 g/mol. The van der Waals surface area contributed by atoms with E-state index in [-0.39, 0.29) is 0 Å². The Morgan fingerprint density at radius 3 is 2.57 bits per heavy atom. The highest BCUT2D eigenvalue weighted by molar-refractivity contribution is 7.71. The van der Waals surface area contributed by atoms with E-state index in [1.165, 1.54) is 24.9 Å². The van der Waals surface area contributed by atoms with Crippen LogP contribution in [0.5, 0.6) is 5.75 Å². The van der Waals surface area contributed by atoms with Crippen LogP contribution in [0.25, 0.3) is 11.4 Å². The molecular formula is C27H36N6OS. The van der Waals surface area contributed by atoms with Crippen LogP contribution in [0.2, 0.25) is 0 Å². The molecule has 1 saturated carbocycles. The van der Waals surface area contributed by atoms with E-state index in [1.54, 1.807) is 0 Å². The predicted molar refractivity (Wildman–Crippen MR) is 142 cm³/mol. The maximum absolute atomic E-state index is 6.05. The van der Waals surface area contributed by atoms with E-state index >= 15 is 0 Å². The fraction of sp³-hybridized carbons (Fsp3) is 0.519. The van der Waals surface area contributed by atoms with E-state index in [2.05, 4.69) is 50.5 Å². The normalized spacial score (nSPS) is 21.3. The third kappa shape index (κ3) is 5.14. The zero-order valence-corrected chi connectivity index (χ0v) is 21.7. The third-order valence-corrected chi connectivity index (χ3v) is 7.81. The number of ether oxygens (including phenoxy) is 1. The van der Waals surface area contributed by atoms with Crippen molar-refractivity contribution in [3.05, 3.63) is 53.6 Å². The zero-order chi connectivity index (χ0) is 24.2. The second-order valence-corrected chi connectivity index (χ2v) is 10.1. The van der Waals surface area contributed by atoms with Gasteiger partial charge in [0, 0.05) is 50.2 Å². The molecule has 2 fully saturated rings. The van der Waals surface area contributed by atoms with Crippen molar-refractivity contribution in [2.24, 2.45) is 5.92 Å². The minimum atomic E-state index is 0.395. The molecule has 8 heteroatoms. The standard InChI is InChI=1S/C27H36N6OS/c1-3-34-25-13-7-6-12-24(25)31-17-15-30(16-18-31)20-32-27(35)33(23-11-5-4-9-21(23)2)26(29-32)22-10-8-14-28-19-22/h6-8,10,12-14,19,21,23H,3-5,9,11,15-18,20H2,1-2H3/t21-,23+/m1/s1. The molecule has 35 heavy (non-hydrogen) atoms. The van der Waals surface area contributed by atoms with Gasteiger partial charge < -0.3 is 9.64 Å². The molecule has 1 aromatic carbocycles. The van der Waals surface area contributed by atoms with Crippen LogP contribution in [0.15, 0.2) is 48.8 Å². The Labute approximate surface area is 213 Å². The van der Waals surface area contributed by atoms with Gasteiger partial charge in [0.1, 0.15) is 5.75 Å². The van der Waals surface area contributed by atoms with Crippen LogP contribution in [-0.4, -0.2) is 57.0 Å². The summed E-state index contributed by atoms with van der Waals surface area (Å²) in [4.78, 5) is 9.22. The third-order valence-electron chi connectivity index (χ3n) is 7.40. The molecule has 3 heterocycles. The van der Waals surface area contributed by atoms with Gasteiger partial charge in [-0.15, -0.1) is 0 Å². The molecule has 186 valence electrons. The van der Waals surface area contributed by atoms with Crippen molar-refractivity contribution in [3.8, 4) is 17.1 Å². The van der Waals surface area contributed by atoms with Gasteiger partial charge in [0.25, 0.3) is 0 Å². The topological polar surface area (TPSA) is 51.4 Å². The zero-order valence-electron chi connectivity index (χ0n) is 20.8. The van der Waals surface area contributed by atoms with Crippen LogP contribution in [-0.2, 0) is 6.67 Å². The number of pyridine rings is 1. The first-order valence-electron chi connectivity index (χ1n) is 12.9. The van der Waals surface area contributed by atoms with Crippen LogP contribution in [0.1, 0.15) is 45.6 Å². The molecule has 2 aliphatic rings. The predicted octanol–water partition coefficient (Wildman–Crippen LogP) is 5.41. The second-order valence-electron chi connectivity index (χ2n) is 9.69. The summed E-state index contributed by atoms with van der Waals surface area (Å²) in [6, 6.07) is 12.8. The molecule has 1 aliphatic heterocycles. The van der Waals surface area contributed by atoms with Crippen molar-refractivity contribution in [2.75, 3.05) is 37.7 Å². The molecule has 0 N–H and O–H groups in total. The SMILES string of the molecule is CCOc1ccccc1N1CCN(Cn2nc(-c3cccnc3)n([C@H]3CCCC[C@H]3C)c2=S)CC1. The first-order chi connectivity index (χ1) is 17.2. The summed E-state index contributed by atoms with van der Waals surface area (Å²) in [5.41, 5.74) is 2.22. The lowest BCUT2D eigenvalue weighted by atomic mass is 9.85. The van der Waals surface area contributed by atoms with Gasteiger partial charge >= 0.3 is 0 Å². The van der Waals surface area contributed by atoms with Gasteiger partial charge in [-0.05, 0) is 62.2 Å². The van der Waals surface area contributed by atoms with E-state index in [0.29, 0.717) is 25.2 Å². The van der Waals surface area contributed by atoms with Crippen molar-refractivity contribution in [3.63, 3.8) is 0 Å². The molecule has 2 atom stereocenters. The van der Waals surface area contributed by atoms with Gasteiger partial charge in [-0.3, -0.25) is 14.5 Å². The number of benzene rings is 1. The fourth-order valence-corrected chi connectivity index (χ4v) is 5.82. The van der Waals surface area contributed by atoms with Crippen LogP contribution in [0.3, 0.4) is 0 Å². The van der Waals surface area contributed by atoms with Crippen molar-refractivity contribution >= 4 is 17.9 Å². The molecule has 1 saturated heterocycles. The van der Waals surface area contributed by atoms with Crippen molar-refractivity contribution < 1.29 is 4.74 Å². The Bertz CT molecular complexity index is 1170. The quantitative estimate of drug-likeness (QED) is 0.411. The lowest BCUT2D eigenvalue weighted by Crippen LogP contribution is -2.47. The molecule has 0 unspecified atom stereocenters. The summed E-state index contributed by atoms with van der Waals surface area (Å²) in [6.07, 6.45) is 8.67. The Kier molecular flexibility index (Phi) is 7.48. The van der Waals surface area contributed by atoms with Crippen LogP contribution < -0.4 is 9.64 Å². The molecule has 0 bridgehead atoms. The maximum atomic E-state index is 6.05. The number of aromatic nitrogens is 4. The van der Waals surface area contributed by atoms with Crippen molar-refractivity contribution in [2.45, 2.75) is 52.2 Å². The number of para-hydroxylation sites is 2. The minimum absolute atomic E-state index is 0.395. The molecule has 5 rings (SSSR count). The van der Waals surface area contributed by atoms with Crippen LogP contribution in [0, 0.1) is 10.7 Å². The van der Waals surface area contributed by atoms with Gasteiger partial charge in [-0.25, -0.2) is 4.68 Å². The molecule has 0 spiro atoms. The molecule has 3 aromatic rings. The first kappa shape index (κ1) is 24.0. The number of hydrogen-bond acceptors (Lipinski definition) is 6. The molecular weight excluding hydrogens is 456 g/mol. The van der Waals surface area contributed by atoms with Gasteiger partial charge in [0.15, 0.2) is 10.6 Å². The summed E-state index contributed by atoms with van der Waals surface area (Å²) in [7, 11) is 0. The Morgan fingerprint density at radius 2 is 1.83 bits per heavy atom. The van der Waals surface area contributed by atoms with E-state index in [1.807, 2.05) is 36.1 Å². The minimum Gasteiger partial charge on any atom is -0.492 e. The summed E-state index contributed by atoms with van der Waals surface area (Å²) >= 11 is 6.05. The number of nitrogens with zero attached hydrogens (tertiary/aromatic N) is 6. The van der Waals surface area contributed by atoms with Gasteiger partial charge in [0.05, 0.1) is 19.0 Å². The lowest BCUT2D eigenvalue weighted by molar-refractivity contribution is 0.191. The first-order valence-corrected chi connectivity index (χ1v) is 13.4. The number of rotatable bonds is 7.